The van der Waals surface area contributed by atoms with Crippen LogP contribution in [0.15, 0.2) is 0 Å². The highest BCUT2D eigenvalue weighted by Crippen LogP contribution is 2.35. The van der Waals surface area contributed by atoms with E-state index in [-0.39, 0.29) is 6.61 Å². The third kappa shape index (κ3) is 40.4. The van der Waals surface area contributed by atoms with Gasteiger partial charge in [-0.25, -0.2) is 4.57 Å². The summed E-state index contributed by atoms with van der Waals surface area (Å²) in [5, 5.41) is 3.11. The average Bonchev–Trinajstić information content (AvgIpc) is 2.94. The Balaban J connectivity index is 3.06. The number of thiocarbonyl (C=S) groups is 1. The Morgan fingerprint density at radius 1 is 0.476 bits per heavy atom. The zero-order valence-electron chi connectivity index (χ0n) is 27.3. The second-order valence-corrected chi connectivity index (χ2v) is 14.9. The zero-order chi connectivity index (χ0) is 30.8. The van der Waals surface area contributed by atoms with E-state index in [0.29, 0.717) is 4.32 Å². The van der Waals surface area contributed by atoms with Crippen LogP contribution in [0.4, 0.5) is 0 Å². The lowest BCUT2D eigenvalue weighted by Crippen LogP contribution is -2.17. The molecule has 0 saturated carbocycles. The zero-order valence-corrected chi connectivity index (χ0v) is 30.0. The number of hydrogen-bond donors (Lipinski definition) is 4. The van der Waals surface area contributed by atoms with Gasteiger partial charge < -0.3 is 15.1 Å². The molecule has 3 N–H and O–H groups in total. The van der Waals surface area contributed by atoms with E-state index >= 15 is 0 Å². The van der Waals surface area contributed by atoms with Crippen molar-refractivity contribution >= 4 is 37.0 Å². The normalized spacial score (nSPS) is 11.8. The van der Waals surface area contributed by atoms with E-state index in [1.54, 1.807) is 0 Å². The average molecular weight is 652 g/mol. The van der Waals surface area contributed by atoms with Crippen molar-refractivity contribution in [3.63, 3.8) is 0 Å². The number of phosphoric ester groups is 1. The molecule has 8 heteroatoms. The van der Waals surface area contributed by atoms with E-state index in [4.69, 9.17) is 22.0 Å². The van der Waals surface area contributed by atoms with Crippen LogP contribution in [0.1, 0.15) is 199 Å². The number of thiol groups is 1. The Kier molecular flexibility index (Phi) is 34.5. The van der Waals surface area contributed by atoms with Crippen LogP contribution in [0.5, 0.6) is 0 Å². The molecule has 0 atom stereocenters. The second-order valence-electron chi connectivity index (χ2n) is 12.5. The van der Waals surface area contributed by atoms with Crippen LogP contribution in [0.2, 0.25) is 0 Å². The smallest absolute Gasteiger partial charge is 0.371 e. The molecule has 0 aromatic heterocycles. The van der Waals surface area contributed by atoms with Gasteiger partial charge in [0, 0.05) is 6.54 Å². The van der Waals surface area contributed by atoms with Crippen LogP contribution < -0.4 is 5.32 Å². The SMILES string of the molecule is O=P(O)(O)OCCCCCCCCCCCCCCCCCCCCCCCCCCCCCCCCCNC(=S)S. The fraction of sp³-hybridized carbons (Fsp3) is 0.971. The maximum absolute atomic E-state index is 10.6. The fourth-order valence-electron chi connectivity index (χ4n) is 5.73. The predicted octanol–water partition coefficient (Wildman–Crippen LogP) is 12.0. The molecule has 0 radical (unpaired) electrons. The summed E-state index contributed by atoms with van der Waals surface area (Å²) in [4.78, 5) is 17.3. The maximum Gasteiger partial charge on any atom is 0.469 e. The highest BCUT2D eigenvalue weighted by atomic mass is 32.1. The minimum Gasteiger partial charge on any atom is -0.371 e. The molecule has 5 nitrogen and oxygen atoms in total. The van der Waals surface area contributed by atoms with E-state index in [2.05, 4.69) is 22.5 Å². The largest absolute Gasteiger partial charge is 0.469 e. The van der Waals surface area contributed by atoms with Crippen LogP contribution in [-0.2, 0) is 9.09 Å². The molecular weight excluding hydrogens is 581 g/mol. The van der Waals surface area contributed by atoms with Crippen molar-refractivity contribution in [2.24, 2.45) is 0 Å². The standard InChI is InChI=1S/C34H70NO4PS2/c36-40(37,38)39-33-31-29-27-25-23-21-19-17-15-13-11-9-7-5-3-1-2-4-6-8-10-12-14-16-18-20-22-24-26-28-30-32-35-34(41)42/h1-33H2,(H2,35,41,42)(H2,36,37,38). The van der Waals surface area contributed by atoms with Crippen LogP contribution in [0.25, 0.3) is 0 Å². The number of nitrogens with one attached hydrogen (secondary N) is 1. The Bertz CT molecular complexity index is 606. The minimum absolute atomic E-state index is 0.167. The van der Waals surface area contributed by atoms with Gasteiger partial charge in [-0.1, -0.05) is 198 Å². The van der Waals surface area contributed by atoms with E-state index in [9.17, 15) is 4.57 Å². The predicted molar refractivity (Wildman–Crippen MR) is 191 cm³/mol. The highest BCUT2D eigenvalue weighted by Gasteiger charge is 2.12. The lowest BCUT2D eigenvalue weighted by atomic mass is 10.0. The number of unbranched alkanes of at least 4 members (excludes halogenated alkanes) is 30. The molecule has 0 heterocycles. The van der Waals surface area contributed by atoms with Gasteiger partial charge in [0.05, 0.1) is 6.61 Å². The van der Waals surface area contributed by atoms with Crippen LogP contribution in [0.3, 0.4) is 0 Å². The van der Waals surface area contributed by atoms with Gasteiger partial charge in [-0.05, 0) is 12.8 Å². The van der Waals surface area contributed by atoms with E-state index in [0.717, 1.165) is 25.8 Å². The van der Waals surface area contributed by atoms with E-state index in [1.807, 2.05) is 0 Å². The quantitative estimate of drug-likeness (QED) is 0.0236. The summed E-state index contributed by atoms with van der Waals surface area (Å²) in [6.07, 6.45) is 42.0. The lowest BCUT2D eigenvalue weighted by molar-refractivity contribution is 0.193. The Morgan fingerprint density at radius 3 is 0.905 bits per heavy atom. The van der Waals surface area contributed by atoms with Gasteiger partial charge in [-0.3, -0.25) is 4.52 Å². The highest BCUT2D eigenvalue weighted by molar-refractivity contribution is 8.11. The first-order valence-electron chi connectivity index (χ1n) is 18.1. The maximum atomic E-state index is 10.6. The van der Waals surface area contributed by atoms with Crippen molar-refractivity contribution in [3.05, 3.63) is 0 Å². The fourth-order valence-corrected chi connectivity index (χ4v) is 6.31. The molecule has 0 aromatic rings. The summed E-state index contributed by atoms with van der Waals surface area (Å²) in [7, 11) is -4.27. The van der Waals surface area contributed by atoms with Gasteiger partial charge in [-0.2, -0.15) is 0 Å². The van der Waals surface area contributed by atoms with E-state index < -0.39 is 7.82 Å². The number of hydrogen-bond acceptors (Lipinski definition) is 3. The van der Waals surface area contributed by atoms with Crippen LogP contribution in [0, 0.1) is 0 Å². The molecule has 42 heavy (non-hydrogen) atoms. The van der Waals surface area contributed by atoms with Crippen molar-refractivity contribution < 1.29 is 18.9 Å². The Morgan fingerprint density at radius 2 is 0.690 bits per heavy atom. The first kappa shape index (κ1) is 42.3. The summed E-state index contributed by atoms with van der Waals surface area (Å²) in [5.41, 5.74) is 0. The summed E-state index contributed by atoms with van der Waals surface area (Å²) in [6, 6.07) is 0. The molecule has 0 unspecified atom stereocenters. The number of phosphoric acid groups is 1. The first-order valence-corrected chi connectivity index (χ1v) is 20.5. The summed E-state index contributed by atoms with van der Waals surface area (Å²) in [6.45, 7) is 1.14. The molecular formula is C34H70NO4PS2. The van der Waals surface area contributed by atoms with Crippen LogP contribution >= 0.6 is 32.7 Å². The van der Waals surface area contributed by atoms with E-state index in [1.165, 1.54) is 180 Å². The van der Waals surface area contributed by atoms with Gasteiger partial charge >= 0.3 is 7.82 Å². The van der Waals surface area contributed by atoms with Gasteiger partial charge in [0.1, 0.15) is 4.32 Å². The molecule has 0 saturated heterocycles. The van der Waals surface area contributed by atoms with Crippen LogP contribution in [-0.4, -0.2) is 27.3 Å². The van der Waals surface area contributed by atoms with Gasteiger partial charge in [0.25, 0.3) is 0 Å². The monoisotopic (exact) mass is 651 g/mol. The Hall–Kier alpha value is 0.350. The van der Waals surface area contributed by atoms with Crippen molar-refractivity contribution in [2.45, 2.75) is 199 Å². The molecule has 0 spiro atoms. The molecule has 0 aromatic carbocycles. The van der Waals surface area contributed by atoms with Crippen molar-refractivity contribution in [1.29, 1.82) is 0 Å². The topological polar surface area (TPSA) is 78.8 Å². The molecule has 0 fully saturated rings. The van der Waals surface area contributed by atoms with Crippen molar-refractivity contribution in [3.8, 4) is 0 Å². The van der Waals surface area contributed by atoms with Crippen molar-refractivity contribution in [1.82, 2.24) is 5.32 Å². The lowest BCUT2D eigenvalue weighted by Gasteiger charge is -2.05. The third-order valence-electron chi connectivity index (χ3n) is 8.36. The minimum atomic E-state index is -4.27. The van der Waals surface area contributed by atoms with Crippen molar-refractivity contribution in [2.75, 3.05) is 13.2 Å². The van der Waals surface area contributed by atoms with Gasteiger partial charge in [0.15, 0.2) is 0 Å². The molecule has 0 amide bonds. The summed E-state index contributed by atoms with van der Waals surface area (Å²) < 4.78 is 15.7. The summed E-state index contributed by atoms with van der Waals surface area (Å²) >= 11 is 8.98. The molecule has 0 bridgehead atoms. The molecule has 0 aliphatic rings. The number of rotatable bonds is 35. The molecule has 0 aliphatic heterocycles. The molecule has 252 valence electrons. The van der Waals surface area contributed by atoms with Gasteiger partial charge in [0.2, 0.25) is 0 Å². The second kappa shape index (κ2) is 34.2. The molecule has 0 aliphatic carbocycles. The third-order valence-corrected chi connectivity index (χ3v) is 9.18. The summed E-state index contributed by atoms with van der Waals surface area (Å²) in [5.74, 6) is 0. The Labute approximate surface area is 272 Å². The van der Waals surface area contributed by atoms with Gasteiger partial charge in [-0.15, -0.1) is 12.6 Å². The molecule has 0 rings (SSSR count). The first-order chi connectivity index (χ1) is 20.4.